The topological polar surface area (TPSA) is 174 Å². The van der Waals surface area contributed by atoms with E-state index in [-0.39, 0.29) is 86.1 Å². The second kappa shape index (κ2) is 19.9. The summed E-state index contributed by atoms with van der Waals surface area (Å²) in [6.07, 6.45) is -4.59. The quantitative estimate of drug-likeness (QED) is 0.300. The first-order chi connectivity index (χ1) is 28.3. The van der Waals surface area contributed by atoms with E-state index in [0.717, 1.165) is 12.8 Å². The Kier molecular flexibility index (Phi) is 15.3. The number of ether oxygens (including phenoxy) is 13. The molecule has 338 valence electrons. The molecule has 7 aliphatic rings. The highest BCUT2D eigenvalue weighted by atomic mass is 16.7. The summed E-state index contributed by atoms with van der Waals surface area (Å²) in [6, 6.07) is 0. The Bertz CT molecular complexity index is 1390. The van der Waals surface area contributed by atoms with E-state index in [4.69, 9.17) is 61.6 Å². The van der Waals surface area contributed by atoms with Crippen LogP contribution < -0.4 is 0 Å². The standard InChI is InChI=1S/C43H70O16/c1-20-10-26(20)33-14-24-12-29(58-42-40(50-8)38(48-6)28(44)18-52-42)22(3)31(54-24)16-36(45)57-34(27-11-21(27)2)15-25-13-30(23(4)32(55-25)17-37(46)56-33)59-43-41(51-9)39(49-7)35(47-5)19-53-43/h20-35,38-44H,10-19H2,1-9H3/t20-,21-,22+,23+,24-,25-,26-,27-,28?,29-,30-,31-,32-,33-,34-,35?,38?,39?,40?,41?,42?,43?/m0/s1. The van der Waals surface area contributed by atoms with Gasteiger partial charge in [0.2, 0.25) is 0 Å². The molecule has 7 fully saturated rings. The second-order valence-corrected chi connectivity index (χ2v) is 18.4. The van der Waals surface area contributed by atoms with Gasteiger partial charge in [-0.25, -0.2) is 0 Å². The average Bonchev–Trinajstić information content (AvgIpc) is 4.14. The number of cyclic esters (lactones) is 2. The highest BCUT2D eigenvalue weighted by Crippen LogP contribution is 2.47. The van der Waals surface area contributed by atoms with Gasteiger partial charge in [0.15, 0.2) is 12.6 Å². The molecule has 5 heterocycles. The van der Waals surface area contributed by atoms with Crippen LogP contribution in [-0.2, 0) is 71.2 Å². The van der Waals surface area contributed by atoms with Crippen LogP contribution in [0.2, 0.25) is 0 Å². The molecule has 16 nitrogen and oxygen atoms in total. The number of methoxy groups -OCH3 is 5. The molecule has 22 atom stereocenters. The van der Waals surface area contributed by atoms with Crippen LogP contribution in [0.1, 0.15) is 79.1 Å². The van der Waals surface area contributed by atoms with Crippen LogP contribution in [0, 0.1) is 35.5 Å². The third-order valence-corrected chi connectivity index (χ3v) is 14.5. The fourth-order valence-electron chi connectivity index (χ4n) is 10.4. The minimum absolute atomic E-state index is 0.0233. The number of fused-ring (bicyclic) bond motifs is 4. The van der Waals surface area contributed by atoms with E-state index in [1.807, 2.05) is 13.8 Å². The van der Waals surface area contributed by atoms with Gasteiger partial charge in [0.1, 0.15) is 48.8 Å². The molecule has 5 saturated heterocycles. The smallest absolute Gasteiger partial charge is 0.308 e. The van der Waals surface area contributed by atoms with Crippen LogP contribution in [0.25, 0.3) is 0 Å². The van der Waals surface area contributed by atoms with Crippen LogP contribution in [0.5, 0.6) is 0 Å². The maximum absolute atomic E-state index is 14.1. The maximum atomic E-state index is 14.1. The van der Waals surface area contributed by atoms with Crippen molar-refractivity contribution in [1.82, 2.24) is 0 Å². The Morgan fingerprint density at radius 2 is 0.932 bits per heavy atom. The number of carbonyl (C=O) groups excluding carboxylic acids is 2. The molecule has 2 saturated carbocycles. The van der Waals surface area contributed by atoms with E-state index in [9.17, 15) is 14.7 Å². The van der Waals surface area contributed by atoms with E-state index in [0.29, 0.717) is 37.5 Å². The molecule has 0 aromatic heterocycles. The fraction of sp³-hybridized carbons (Fsp3) is 0.953. The number of carbonyl (C=O) groups is 2. The van der Waals surface area contributed by atoms with Gasteiger partial charge in [-0.05, 0) is 36.5 Å². The van der Waals surface area contributed by atoms with Crippen LogP contribution >= 0.6 is 0 Å². The number of rotatable bonds is 11. The van der Waals surface area contributed by atoms with Crippen molar-refractivity contribution in [2.24, 2.45) is 35.5 Å². The zero-order chi connectivity index (χ0) is 42.1. The molecule has 4 bridgehead atoms. The van der Waals surface area contributed by atoms with Crippen LogP contribution in [0.15, 0.2) is 0 Å². The molecular formula is C43H70O16. The van der Waals surface area contributed by atoms with E-state index in [1.54, 1.807) is 21.3 Å². The third kappa shape index (κ3) is 10.5. The molecule has 1 N–H and O–H groups in total. The van der Waals surface area contributed by atoms with Gasteiger partial charge in [0.25, 0.3) is 0 Å². The molecule has 8 unspecified atom stereocenters. The maximum Gasteiger partial charge on any atom is 0.308 e. The number of hydrogen-bond donors (Lipinski definition) is 1. The van der Waals surface area contributed by atoms with Crippen LogP contribution in [-0.4, -0.2) is 164 Å². The molecule has 0 amide bonds. The molecule has 16 heteroatoms. The van der Waals surface area contributed by atoms with E-state index in [1.165, 1.54) is 14.2 Å². The van der Waals surface area contributed by atoms with Gasteiger partial charge in [-0.1, -0.05) is 27.7 Å². The number of aliphatic hydroxyl groups excluding tert-OH is 1. The summed E-state index contributed by atoms with van der Waals surface area (Å²) in [5.41, 5.74) is 0. The molecule has 0 aromatic rings. The van der Waals surface area contributed by atoms with E-state index >= 15 is 0 Å². The largest absolute Gasteiger partial charge is 0.462 e. The lowest BCUT2D eigenvalue weighted by Crippen LogP contribution is -2.58. The Hall–Kier alpha value is -1.54. The van der Waals surface area contributed by atoms with Gasteiger partial charge in [0.05, 0.1) is 62.7 Å². The Morgan fingerprint density at radius 3 is 1.34 bits per heavy atom. The van der Waals surface area contributed by atoms with Gasteiger partial charge in [-0.3, -0.25) is 9.59 Å². The molecule has 0 spiro atoms. The monoisotopic (exact) mass is 842 g/mol. The molecule has 0 radical (unpaired) electrons. The van der Waals surface area contributed by atoms with Crippen molar-refractivity contribution in [3.63, 3.8) is 0 Å². The first-order valence-corrected chi connectivity index (χ1v) is 21.9. The highest BCUT2D eigenvalue weighted by Gasteiger charge is 2.51. The van der Waals surface area contributed by atoms with Crippen molar-refractivity contribution >= 4 is 11.9 Å². The van der Waals surface area contributed by atoms with Crippen molar-refractivity contribution in [2.45, 2.75) is 177 Å². The number of aliphatic hydroxyl groups is 1. The molecular weight excluding hydrogens is 772 g/mol. The predicted octanol–water partition coefficient (Wildman–Crippen LogP) is 3.20. The average molecular weight is 843 g/mol. The zero-order valence-electron chi connectivity index (χ0n) is 36.3. The normalized spacial score (nSPS) is 49.7. The number of hydrogen-bond acceptors (Lipinski definition) is 16. The van der Waals surface area contributed by atoms with Gasteiger partial charge in [-0.15, -0.1) is 0 Å². The predicted molar refractivity (Wildman–Crippen MR) is 207 cm³/mol. The van der Waals surface area contributed by atoms with Crippen molar-refractivity contribution < 1.29 is 76.3 Å². The van der Waals surface area contributed by atoms with Gasteiger partial charge in [-0.2, -0.15) is 0 Å². The summed E-state index contributed by atoms with van der Waals surface area (Å²) in [5, 5.41) is 10.5. The Labute approximate surface area is 349 Å². The van der Waals surface area contributed by atoms with Gasteiger partial charge >= 0.3 is 11.9 Å². The first-order valence-electron chi connectivity index (χ1n) is 21.9. The minimum atomic E-state index is -0.870. The molecule has 7 rings (SSSR count). The van der Waals surface area contributed by atoms with Crippen molar-refractivity contribution in [3.8, 4) is 0 Å². The lowest BCUT2D eigenvalue weighted by molar-refractivity contribution is -0.309. The van der Waals surface area contributed by atoms with Crippen LogP contribution in [0.3, 0.4) is 0 Å². The molecule has 2 aliphatic carbocycles. The third-order valence-electron chi connectivity index (χ3n) is 14.5. The van der Waals surface area contributed by atoms with Crippen LogP contribution in [0.4, 0.5) is 0 Å². The van der Waals surface area contributed by atoms with Crippen molar-refractivity contribution in [3.05, 3.63) is 0 Å². The minimum Gasteiger partial charge on any atom is -0.462 e. The van der Waals surface area contributed by atoms with Crippen molar-refractivity contribution in [1.29, 1.82) is 0 Å². The molecule has 0 aromatic carbocycles. The van der Waals surface area contributed by atoms with E-state index < -0.39 is 73.6 Å². The summed E-state index contributed by atoms with van der Waals surface area (Å²) in [5.74, 6) is 0.0298. The second-order valence-electron chi connectivity index (χ2n) is 18.4. The molecule has 59 heavy (non-hydrogen) atoms. The Morgan fingerprint density at radius 1 is 0.508 bits per heavy atom. The Balaban J connectivity index is 1.13. The molecule has 5 aliphatic heterocycles. The summed E-state index contributed by atoms with van der Waals surface area (Å²) < 4.78 is 80.5. The fourth-order valence-corrected chi connectivity index (χ4v) is 10.4. The summed E-state index contributed by atoms with van der Waals surface area (Å²) in [6.45, 7) is 8.67. The highest BCUT2D eigenvalue weighted by molar-refractivity contribution is 5.71. The lowest BCUT2D eigenvalue weighted by atomic mass is 9.85. The SMILES string of the molecule is COC1COC(O[C@H]2C[C@H]3C[C@@H]([C@H]4C[C@@H]4C)OC(=O)C[C@@H]4O[C@@H](C[C@H](OC5OCC(O)C(OC)C5OC)[C@H]4C)C[C@@H]([C@H]4C[C@@H]4C)OC(=O)C[C@H](O3)[C@@H]2C)C(OC)C1OC. The van der Waals surface area contributed by atoms with Gasteiger partial charge < -0.3 is 66.7 Å². The van der Waals surface area contributed by atoms with Gasteiger partial charge in [0, 0.05) is 73.1 Å². The summed E-state index contributed by atoms with van der Waals surface area (Å²) in [7, 11) is 7.90. The summed E-state index contributed by atoms with van der Waals surface area (Å²) >= 11 is 0. The zero-order valence-corrected chi connectivity index (χ0v) is 36.3. The first kappa shape index (κ1) is 45.5. The lowest BCUT2D eigenvalue weighted by Gasteiger charge is -2.46. The number of esters is 2. The summed E-state index contributed by atoms with van der Waals surface area (Å²) in [4.78, 5) is 28.1. The van der Waals surface area contributed by atoms with E-state index in [2.05, 4.69) is 13.8 Å². The van der Waals surface area contributed by atoms with Crippen molar-refractivity contribution in [2.75, 3.05) is 48.8 Å².